The molecule has 0 aromatic heterocycles. The molecule has 1 amide bonds. The van der Waals surface area contributed by atoms with Crippen molar-refractivity contribution in [3.63, 3.8) is 0 Å². The fourth-order valence-electron chi connectivity index (χ4n) is 2.23. The van der Waals surface area contributed by atoms with Gasteiger partial charge in [-0.25, -0.2) is 0 Å². The molecule has 1 aromatic rings. The van der Waals surface area contributed by atoms with Crippen molar-refractivity contribution in [1.29, 1.82) is 0 Å². The van der Waals surface area contributed by atoms with E-state index in [2.05, 4.69) is 17.2 Å². The zero-order valence-corrected chi connectivity index (χ0v) is 11.5. The molecule has 0 spiro atoms. The molecule has 1 aliphatic rings. The zero-order valence-electron chi connectivity index (χ0n) is 11.5. The number of nitrogens with two attached hydrogens (primary N) is 1. The van der Waals surface area contributed by atoms with Crippen molar-refractivity contribution >= 4 is 5.91 Å². The van der Waals surface area contributed by atoms with Gasteiger partial charge in [-0.1, -0.05) is 30.0 Å². The maximum atomic E-state index is 12.1. The van der Waals surface area contributed by atoms with Gasteiger partial charge in [0.15, 0.2) is 0 Å². The van der Waals surface area contributed by atoms with Crippen LogP contribution in [0.1, 0.15) is 24.0 Å². The smallest absolute Gasteiger partial charge is 0.223 e. The normalized spacial score (nSPS) is 15.2. The summed E-state index contributed by atoms with van der Waals surface area (Å²) in [4.78, 5) is 12.1. The molecular weight excluding hydrogens is 252 g/mol. The first-order chi connectivity index (χ1) is 9.81. The minimum atomic E-state index is 0.0750. The van der Waals surface area contributed by atoms with Gasteiger partial charge < -0.3 is 15.8 Å². The molecule has 0 aliphatic carbocycles. The molecule has 0 atom stereocenters. The molecule has 106 valence electrons. The van der Waals surface area contributed by atoms with Crippen LogP contribution in [0.3, 0.4) is 0 Å². The Hall–Kier alpha value is -1.83. The first-order valence-electron chi connectivity index (χ1n) is 6.93. The van der Waals surface area contributed by atoms with Crippen molar-refractivity contribution < 1.29 is 9.53 Å². The summed E-state index contributed by atoms with van der Waals surface area (Å²) < 4.78 is 5.27. The van der Waals surface area contributed by atoms with Crippen molar-refractivity contribution in [2.45, 2.75) is 19.4 Å². The van der Waals surface area contributed by atoms with Crippen LogP contribution >= 0.6 is 0 Å². The summed E-state index contributed by atoms with van der Waals surface area (Å²) in [6.07, 6.45) is 1.61. The fourth-order valence-corrected chi connectivity index (χ4v) is 2.23. The van der Waals surface area contributed by atoms with E-state index < -0.39 is 0 Å². The zero-order chi connectivity index (χ0) is 14.2. The summed E-state index contributed by atoms with van der Waals surface area (Å²) in [5, 5.41) is 2.99. The van der Waals surface area contributed by atoms with E-state index in [1.807, 2.05) is 24.3 Å². The van der Waals surface area contributed by atoms with Gasteiger partial charge in [0.05, 0.1) is 6.54 Å². The number of carbonyl (C=O) groups excluding carboxylic acids is 1. The van der Waals surface area contributed by atoms with Gasteiger partial charge in [-0.2, -0.15) is 0 Å². The molecule has 0 radical (unpaired) electrons. The van der Waals surface area contributed by atoms with E-state index in [1.54, 1.807) is 0 Å². The standard InChI is InChI=1S/C16H20N2O2/c17-9-3-6-13-4-1-2-5-15(13)12-18-16(19)14-7-10-20-11-8-14/h1-2,4-5,14H,7-12,17H2,(H,18,19). The average Bonchev–Trinajstić information content (AvgIpc) is 2.52. The van der Waals surface area contributed by atoms with E-state index >= 15 is 0 Å². The molecule has 2 rings (SSSR count). The molecule has 0 unspecified atom stereocenters. The minimum Gasteiger partial charge on any atom is -0.381 e. The van der Waals surface area contributed by atoms with Crippen molar-refractivity contribution in [1.82, 2.24) is 5.32 Å². The molecule has 0 saturated carbocycles. The highest BCUT2D eigenvalue weighted by atomic mass is 16.5. The molecule has 20 heavy (non-hydrogen) atoms. The summed E-state index contributed by atoms with van der Waals surface area (Å²) in [5.74, 6) is 6.06. The van der Waals surface area contributed by atoms with Gasteiger partial charge >= 0.3 is 0 Å². The van der Waals surface area contributed by atoms with Gasteiger partial charge in [0, 0.05) is 31.2 Å². The highest BCUT2D eigenvalue weighted by Gasteiger charge is 2.21. The van der Waals surface area contributed by atoms with E-state index in [9.17, 15) is 4.79 Å². The van der Waals surface area contributed by atoms with E-state index in [1.165, 1.54) is 0 Å². The lowest BCUT2D eigenvalue weighted by molar-refractivity contribution is -0.128. The van der Waals surface area contributed by atoms with Crippen molar-refractivity contribution in [3.05, 3.63) is 35.4 Å². The van der Waals surface area contributed by atoms with Crippen LogP contribution in [-0.4, -0.2) is 25.7 Å². The van der Waals surface area contributed by atoms with Gasteiger partial charge in [0.2, 0.25) is 5.91 Å². The summed E-state index contributed by atoms with van der Waals surface area (Å²) in [6.45, 7) is 2.20. The number of hydrogen-bond acceptors (Lipinski definition) is 3. The van der Waals surface area contributed by atoms with Crippen molar-refractivity contribution in [2.24, 2.45) is 11.7 Å². The monoisotopic (exact) mass is 272 g/mol. The average molecular weight is 272 g/mol. The third-order valence-electron chi connectivity index (χ3n) is 3.39. The topological polar surface area (TPSA) is 64.3 Å². The van der Waals surface area contributed by atoms with E-state index in [0.717, 1.165) is 24.0 Å². The Kier molecular flexibility index (Phi) is 5.60. The fraction of sp³-hybridized carbons (Fsp3) is 0.438. The van der Waals surface area contributed by atoms with Gasteiger partial charge in [-0.3, -0.25) is 4.79 Å². The third-order valence-corrected chi connectivity index (χ3v) is 3.39. The molecular formula is C16H20N2O2. The molecule has 4 heteroatoms. The molecule has 3 N–H and O–H groups in total. The number of ether oxygens (including phenoxy) is 1. The van der Waals surface area contributed by atoms with Crippen LogP contribution in [0.25, 0.3) is 0 Å². The molecule has 1 aliphatic heterocycles. The van der Waals surface area contributed by atoms with Crippen LogP contribution < -0.4 is 11.1 Å². The Morgan fingerprint density at radius 3 is 2.85 bits per heavy atom. The van der Waals surface area contributed by atoms with E-state index in [0.29, 0.717) is 26.3 Å². The lowest BCUT2D eigenvalue weighted by Crippen LogP contribution is -2.34. The lowest BCUT2D eigenvalue weighted by Gasteiger charge is -2.21. The predicted octanol–water partition coefficient (Wildman–Crippen LogP) is 1.04. The van der Waals surface area contributed by atoms with Crippen LogP contribution in [0.2, 0.25) is 0 Å². The molecule has 4 nitrogen and oxygen atoms in total. The second-order valence-corrected chi connectivity index (χ2v) is 4.77. The molecule has 1 saturated heterocycles. The second kappa shape index (κ2) is 7.68. The number of carbonyl (C=O) groups is 1. The Morgan fingerprint density at radius 2 is 2.10 bits per heavy atom. The Labute approximate surface area is 119 Å². The number of amides is 1. The van der Waals surface area contributed by atoms with E-state index in [4.69, 9.17) is 10.5 Å². The quantitative estimate of drug-likeness (QED) is 0.808. The van der Waals surface area contributed by atoms with Crippen molar-refractivity contribution in [3.8, 4) is 11.8 Å². The SMILES string of the molecule is NCC#Cc1ccccc1CNC(=O)C1CCOCC1. The van der Waals surface area contributed by atoms with Crippen LogP contribution in [0, 0.1) is 17.8 Å². The second-order valence-electron chi connectivity index (χ2n) is 4.77. The highest BCUT2D eigenvalue weighted by Crippen LogP contribution is 2.15. The van der Waals surface area contributed by atoms with Gasteiger partial charge in [0.1, 0.15) is 0 Å². The van der Waals surface area contributed by atoms with Crippen LogP contribution in [0.15, 0.2) is 24.3 Å². The molecule has 0 bridgehead atoms. The summed E-state index contributed by atoms with van der Waals surface area (Å²) in [5.41, 5.74) is 7.33. The minimum absolute atomic E-state index is 0.0750. The molecule has 1 fully saturated rings. The van der Waals surface area contributed by atoms with Crippen LogP contribution in [0.5, 0.6) is 0 Å². The van der Waals surface area contributed by atoms with Gasteiger partial charge in [-0.05, 0) is 24.5 Å². The predicted molar refractivity (Wildman–Crippen MR) is 77.8 cm³/mol. The van der Waals surface area contributed by atoms with E-state index in [-0.39, 0.29) is 11.8 Å². The Balaban J connectivity index is 1.94. The molecule has 1 aromatic carbocycles. The number of hydrogen-bond donors (Lipinski definition) is 2. The number of benzene rings is 1. The molecule has 1 heterocycles. The lowest BCUT2D eigenvalue weighted by atomic mass is 9.99. The largest absolute Gasteiger partial charge is 0.381 e. The first kappa shape index (κ1) is 14.6. The Morgan fingerprint density at radius 1 is 1.35 bits per heavy atom. The maximum absolute atomic E-state index is 12.1. The number of rotatable bonds is 3. The highest BCUT2D eigenvalue weighted by molar-refractivity contribution is 5.78. The van der Waals surface area contributed by atoms with Gasteiger partial charge in [-0.15, -0.1) is 0 Å². The summed E-state index contributed by atoms with van der Waals surface area (Å²) >= 11 is 0. The first-order valence-corrected chi connectivity index (χ1v) is 6.93. The summed E-state index contributed by atoms with van der Waals surface area (Å²) in [7, 11) is 0. The Bertz CT molecular complexity index is 511. The third kappa shape index (κ3) is 4.09. The van der Waals surface area contributed by atoms with Crippen LogP contribution in [-0.2, 0) is 16.1 Å². The number of nitrogens with one attached hydrogen (secondary N) is 1. The van der Waals surface area contributed by atoms with Gasteiger partial charge in [0.25, 0.3) is 0 Å². The van der Waals surface area contributed by atoms with Crippen LogP contribution in [0.4, 0.5) is 0 Å². The maximum Gasteiger partial charge on any atom is 0.223 e. The summed E-state index contributed by atoms with van der Waals surface area (Å²) in [6, 6.07) is 7.80. The van der Waals surface area contributed by atoms with Crippen molar-refractivity contribution in [2.75, 3.05) is 19.8 Å².